The molecule has 0 radical (unpaired) electrons. The molecule has 0 aliphatic carbocycles. The first-order chi connectivity index (χ1) is 13.1. The van der Waals surface area contributed by atoms with E-state index in [0.717, 1.165) is 38.4 Å². The van der Waals surface area contributed by atoms with Gasteiger partial charge in [-0.3, -0.25) is 10.00 Å². The molecule has 3 aromatic rings. The van der Waals surface area contributed by atoms with Gasteiger partial charge in [-0.15, -0.1) is 0 Å². The van der Waals surface area contributed by atoms with Crippen LogP contribution in [-0.2, 0) is 6.54 Å². The Hall–Kier alpha value is -2.59. The number of nitrogens with one attached hydrogen (secondary N) is 1. The molecule has 4 heteroatoms. The van der Waals surface area contributed by atoms with Crippen LogP contribution in [0, 0.1) is 20.8 Å². The van der Waals surface area contributed by atoms with Crippen molar-refractivity contribution in [2.75, 3.05) is 31.1 Å². The standard InChI is InChI=1S/C23H28N4/c1-17-7-9-20(10-8-17)23-21(15-24-25-23)16-26-11-13-27(14-12-26)22-6-4-5-18(2)19(22)3/h4-10,15H,11-14,16H2,1-3H3,(H,24,25). The molecule has 0 atom stereocenters. The molecule has 1 aromatic heterocycles. The Morgan fingerprint density at radius 1 is 0.926 bits per heavy atom. The number of aromatic nitrogens is 2. The molecule has 0 unspecified atom stereocenters. The van der Waals surface area contributed by atoms with Crippen molar-refractivity contribution >= 4 is 5.69 Å². The van der Waals surface area contributed by atoms with E-state index in [-0.39, 0.29) is 0 Å². The summed E-state index contributed by atoms with van der Waals surface area (Å²) in [6.45, 7) is 11.8. The van der Waals surface area contributed by atoms with E-state index < -0.39 is 0 Å². The SMILES string of the molecule is Cc1ccc(-c2[nH]ncc2CN2CCN(c3cccc(C)c3C)CC2)cc1. The summed E-state index contributed by atoms with van der Waals surface area (Å²) in [5, 5.41) is 7.50. The molecular weight excluding hydrogens is 332 g/mol. The molecular formula is C23H28N4. The number of aryl methyl sites for hydroxylation is 2. The summed E-state index contributed by atoms with van der Waals surface area (Å²) in [6.07, 6.45) is 1.98. The third-order valence-electron chi connectivity index (χ3n) is 5.74. The third kappa shape index (κ3) is 3.76. The van der Waals surface area contributed by atoms with Crippen molar-refractivity contribution in [3.63, 3.8) is 0 Å². The zero-order chi connectivity index (χ0) is 18.8. The van der Waals surface area contributed by atoms with Gasteiger partial charge in [-0.1, -0.05) is 42.0 Å². The van der Waals surface area contributed by atoms with Crippen LogP contribution < -0.4 is 4.90 Å². The zero-order valence-electron chi connectivity index (χ0n) is 16.5. The molecule has 0 bridgehead atoms. The molecule has 1 saturated heterocycles. The third-order valence-corrected chi connectivity index (χ3v) is 5.74. The Labute approximate surface area is 161 Å². The average molecular weight is 361 g/mol. The van der Waals surface area contributed by atoms with E-state index in [0.29, 0.717) is 0 Å². The van der Waals surface area contributed by atoms with Crippen molar-refractivity contribution in [2.24, 2.45) is 0 Å². The van der Waals surface area contributed by atoms with Crippen LogP contribution in [0.15, 0.2) is 48.7 Å². The van der Waals surface area contributed by atoms with Gasteiger partial charge in [0.1, 0.15) is 0 Å². The average Bonchev–Trinajstić information content (AvgIpc) is 3.13. The van der Waals surface area contributed by atoms with E-state index >= 15 is 0 Å². The Morgan fingerprint density at radius 3 is 2.41 bits per heavy atom. The second-order valence-corrected chi connectivity index (χ2v) is 7.62. The Balaban J connectivity index is 1.42. The van der Waals surface area contributed by atoms with Gasteiger partial charge in [0.25, 0.3) is 0 Å². The number of benzene rings is 2. The molecule has 2 aromatic carbocycles. The fourth-order valence-corrected chi connectivity index (χ4v) is 3.87. The molecule has 140 valence electrons. The highest BCUT2D eigenvalue weighted by Gasteiger charge is 2.20. The second kappa shape index (κ2) is 7.57. The van der Waals surface area contributed by atoms with Crippen LogP contribution in [0.1, 0.15) is 22.3 Å². The predicted molar refractivity (Wildman–Crippen MR) is 112 cm³/mol. The number of aromatic amines is 1. The summed E-state index contributed by atoms with van der Waals surface area (Å²) in [7, 11) is 0. The molecule has 1 N–H and O–H groups in total. The summed E-state index contributed by atoms with van der Waals surface area (Å²) >= 11 is 0. The summed E-state index contributed by atoms with van der Waals surface area (Å²) in [5.74, 6) is 0. The minimum atomic E-state index is 0.945. The first kappa shape index (κ1) is 17.8. The number of H-pyrrole nitrogens is 1. The fourth-order valence-electron chi connectivity index (χ4n) is 3.87. The lowest BCUT2D eigenvalue weighted by molar-refractivity contribution is 0.250. The summed E-state index contributed by atoms with van der Waals surface area (Å²) < 4.78 is 0. The molecule has 0 amide bonds. The van der Waals surface area contributed by atoms with Crippen LogP contribution in [0.25, 0.3) is 11.3 Å². The van der Waals surface area contributed by atoms with Crippen molar-refractivity contribution in [3.05, 3.63) is 70.9 Å². The van der Waals surface area contributed by atoms with E-state index in [1.165, 1.54) is 33.5 Å². The van der Waals surface area contributed by atoms with Crippen LogP contribution in [0.4, 0.5) is 5.69 Å². The van der Waals surface area contributed by atoms with E-state index in [4.69, 9.17) is 0 Å². The van der Waals surface area contributed by atoms with Gasteiger partial charge in [0.15, 0.2) is 0 Å². The highest BCUT2D eigenvalue weighted by Crippen LogP contribution is 2.26. The Bertz CT molecular complexity index is 902. The number of piperazine rings is 1. The quantitative estimate of drug-likeness (QED) is 0.752. The number of hydrogen-bond acceptors (Lipinski definition) is 3. The maximum Gasteiger partial charge on any atom is 0.0695 e. The zero-order valence-corrected chi connectivity index (χ0v) is 16.5. The van der Waals surface area contributed by atoms with Crippen LogP contribution >= 0.6 is 0 Å². The van der Waals surface area contributed by atoms with Crippen LogP contribution in [0.3, 0.4) is 0 Å². The molecule has 1 aliphatic rings. The lowest BCUT2D eigenvalue weighted by atomic mass is 10.1. The van der Waals surface area contributed by atoms with Gasteiger partial charge in [-0.25, -0.2) is 0 Å². The van der Waals surface area contributed by atoms with Crippen LogP contribution in [-0.4, -0.2) is 41.3 Å². The summed E-state index contributed by atoms with van der Waals surface area (Å²) in [4.78, 5) is 5.05. The molecule has 0 spiro atoms. The topological polar surface area (TPSA) is 35.2 Å². The lowest BCUT2D eigenvalue weighted by Crippen LogP contribution is -2.46. The normalized spacial score (nSPS) is 15.3. The van der Waals surface area contributed by atoms with Gasteiger partial charge >= 0.3 is 0 Å². The van der Waals surface area contributed by atoms with Crippen LogP contribution in [0.2, 0.25) is 0 Å². The summed E-state index contributed by atoms with van der Waals surface area (Å²) in [6, 6.07) is 15.3. The van der Waals surface area contributed by atoms with Gasteiger partial charge < -0.3 is 4.90 Å². The molecule has 27 heavy (non-hydrogen) atoms. The monoisotopic (exact) mass is 360 g/mol. The highest BCUT2D eigenvalue weighted by atomic mass is 15.3. The van der Waals surface area contributed by atoms with E-state index in [1.54, 1.807) is 0 Å². The van der Waals surface area contributed by atoms with E-state index in [9.17, 15) is 0 Å². The lowest BCUT2D eigenvalue weighted by Gasteiger charge is -2.37. The Morgan fingerprint density at radius 2 is 1.67 bits per heavy atom. The molecule has 4 rings (SSSR count). The maximum absolute atomic E-state index is 4.31. The van der Waals surface area contributed by atoms with Crippen molar-refractivity contribution in [2.45, 2.75) is 27.3 Å². The smallest absolute Gasteiger partial charge is 0.0695 e. The minimum absolute atomic E-state index is 0.945. The number of hydrogen-bond donors (Lipinski definition) is 1. The maximum atomic E-state index is 4.31. The van der Waals surface area contributed by atoms with Gasteiger partial charge in [0, 0.05) is 44.0 Å². The fraction of sp³-hybridized carbons (Fsp3) is 0.348. The molecule has 2 heterocycles. The van der Waals surface area contributed by atoms with E-state index in [1.807, 2.05) is 6.20 Å². The second-order valence-electron chi connectivity index (χ2n) is 7.62. The molecule has 4 nitrogen and oxygen atoms in total. The van der Waals surface area contributed by atoms with Crippen LogP contribution in [0.5, 0.6) is 0 Å². The number of anilines is 1. The first-order valence-corrected chi connectivity index (χ1v) is 9.74. The first-order valence-electron chi connectivity index (χ1n) is 9.74. The number of rotatable bonds is 4. The van der Waals surface area contributed by atoms with Crippen molar-refractivity contribution in [3.8, 4) is 11.3 Å². The minimum Gasteiger partial charge on any atom is -0.369 e. The molecule has 0 saturated carbocycles. The largest absolute Gasteiger partial charge is 0.369 e. The van der Waals surface area contributed by atoms with Crippen molar-refractivity contribution < 1.29 is 0 Å². The van der Waals surface area contributed by atoms with Gasteiger partial charge in [0.05, 0.1) is 11.9 Å². The molecule has 1 aliphatic heterocycles. The summed E-state index contributed by atoms with van der Waals surface area (Å²) in [5.41, 5.74) is 9.08. The van der Waals surface area contributed by atoms with Gasteiger partial charge in [-0.2, -0.15) is 5.10 Å². The highest BCUT2D eigenvalue weighted by molar-refractivity contribution is 5.63. The van der Waals surface area contributed by atoms with Gasteiger partial charge in [-0.05, 0) is 43.5 Å². The number of nitrogens with zero attached hydrogens (tertiary/aromatic N) is 3. The van der Waals surface area contributed by atoms with Crippen molar-refractivity contribution in [1.29, 1.82) is 0 Å². The van der Waals surface area contributed by atoms with Crippen molar-refractivity contribution in [1.82, 2.24) is 15.1 Å². The molecule has 1 fully saturated rings. The van der Waals surface area contributed by atoms with E-state index in [2.05, 4.69) is 83.2 Å². The predicted octanol–water partition coefficient (Wildman–Crippen LogP) is 4.32. The van der Waals surface area contributed by atoms with Gasteiger partial charge in [0.2, 0.25) is 0 Å². The Kier molecular flexibility index (Phi) is 4.99.